The third-order valence-electron chi connectivity index (χ3n) is 5.28. The van der Waals surface area contributed by atoms with Gasteiger partial charge in [0.05, 0.1) is 0 Å². The molecule has 0 aliphatic heterocycles. The number of halogens is 1. The maximum absolute atomic E-state index is 13.4. The van der Waals surface area contributed by atoms with E-state index in [0.29, 0.717) is 47.8 Å². The Balaban J connectivity index is 2.32. The van der Waals surface area contributed by atoms with Gasteiger partial charge >= 0.3 is 0 Å². The van der Waals surface area contributed by atoms with E-state index in [9.17, 15) is 14.4 Å². The summed E-state index contributed by atoms with van der Waals surface area (Å²) in [6.07, 6.45) is 2.49. The first kappa shape index (κ1) is 20.3. The van der Waals surface area contributed by atoms with Crippen molar-refractivity contribution in [2.45, 2.75) is 40.5 Å². The molecule has 5 nitrogen and oxygen atoms in total. The van der Waals surface area contributed by atoms with E-state index in [1.807, 2.05) is 27.7 Å². The van der Waals surface area contributed by atoms with Gasteiger partial charge in [-0.1, -0.05) is 25.4 Å². The van der Waals surface area contributed by atoms with Gasteiger partial charge < -0.3 is 4.90 Å². The summed E-state index contributed by atoms with van der Waals surface area (Å²) in [5.74, 6) is -0.359. The molecule has 2 aromatic rings. The Bertz CT molecular complexity index is 986. The Kier molecular flexibility index (Phi) is 5.48. The molecule has 1 heterocycles. The predicted molar refractivity (Wildman–Crippen MR) is 111 cm³/mol. The fourth-order valence-electron chi connectivity index (χ4n) is 3.83. The summed E-state index contributed by atoms with van der Waals surface area (Å²) >= 11 is 5.97. The minimum Gasteiger partial charge on any atom is -0.339 e. The number of aromatic nitrogens is 1. The Morgan fingerprint density at radius 1 is 1.11 bits per heavy atom. The molecule has 0 saturated heterocycles. The van der Waals surface area contributed by atoms with Crippen molar-refractivity contribution in [1.29, 1.82) is 0 Å². The first-order valence-electron chi connectivity index (χ1n) is 9.55. The molecule has 0 fully saturated rings. The van der Waals surface area contributed by atoms with Crippen molar-refractivity contribution in [3.8, 4) is 5.69 Å². The van der Waals surface area contributed by atoms with E-state index in [1.54, 1.807) is 35.4 Å². The van der Waals surface area contributed by atoms with E-state index in [4.69, 9.17) is 11.6 Å². The zero-order valence-corrected chi connectivity index (χ0v) is 17.5. The number of carbonyl (C=O) groups is 2. The summed E-state index contributed by atoms with van der Waals surface area (Å²) in [4.78, 5) is 41.1. The third-order valence-corrected chi connectivity index (χ3v) is 5.53. The van der Waals surface area contributed by atoms with Crippen molar-refractivity contribution >= 4 is 23.3 Å². The van der Waals surface area contributed by atoms with Gasteiger partial charge in [-0.15, -0.1) is 0 Å². The molecule has 0 atom stereocenters. The summed E-state index contributed by atoms with van der Waals surface area (Å²) < 4.78 is 1.39. The number of pyridine rings is 1. The van der Waals surface area contributed by atoms with Crippen molar-refractivity contribution in [1.82, 2.24) is 9.47 Å². The number of carbonyl (C=O) groups excluding carboxylic acids is 2. The molecular formula is C22H25ClN2O3. The van der Waals surface area contributed by atoms with Crippen molar-refractivity contribution in [3.63, 3.8) is 0 Å². The first-order valence-corrected chi connectivity index (χ1v) is 9.93. The Hall–Kier alpha value is -2.40. The Morgan fingerprint density at radius 2 is 1.71 bits per heavy atom. The van der Waals surface area contributed by atoms with Crippen LogP contribution in [0.5, 0.6) is 0 Å². The zero-order chi connectivity index (χ0) is 20.6. The molecule has 28 heavy (non-hydrogen) atoms. The molecule has 0 spiro atoms. The average molecular weight is 401 g/mol. The number of fused-ring (bicyclic) bond motifs is 1. The molecule has 1 amide bonds. The van der Waals surface area contributed by atoms with Crippen LogP contribution in [0.4, 0.5) is 0 Å². The largest absolute Gasteiger partial charge is 0.339 e. The monoisotopic (exact) mass is 400 g/mol. The van der Waals surface area contributed by atoms with Gasteiger partial charge in [-0.2, -0.15) is 0 Å². The van der Waals surface area contributed by atoms with Gasteiger partial charge in [0.2, 0.25) is 0 Å². The SMILES string of the molecule is CCN(CC)C(=O)c1c2c(cn(-c3ccc(Cl)cc3)c1=O)C(=O)CC(C)(C)C2. The first-order chi connectivity index (χ1) is 13.2. The highest BCUT2D eigenvalue weighted by atomic mass is 35.5. The Morgan fingerprint density at radius 3 is 2.29 bits per heavy atom. The van der Waals surface area contributed by atoms with Crippen LogP contribution in [0.2, 0.25) is 5.02 Å². The highest BCUT2D eigenvalue weighted by Gasteiger charge is 2.36. The maximum Gasteiger partial charge on any atom is 0.268 e. The molecule has 0 saturated carbocycles. The molecule has 1 aromatic carbocycles. The van der Waals surface area contributed by atoms with E-state index >= 15 is 0 Å². The number of rotatable bonds is 4. The van der Waals surface area contributed by atoms with E-state index in [2.05, 4.69) is 0 Å². The van der Waals surface area contributed by atoms with Crippen molar-refractivity contribution < 1.29 is 9.59 Å². The van der Waals surface area contributed by atoms with E-state index in [0.717, 1.165) is 0 Å². The number of hydrogen-bond acceptors (Lipinski definition) is 3. The van der Waals surface area contributed by atoms with Gasteiger partial charge in [-0.25, -0.2) is 0 Å². The van der Waals surface area contributed by atoms with Crippen molar-refractivity contribution in [2.75, 3.05) is 13.1 Å². The summed E-state index contributed by atoms with van der Waals surface area (Å²) in [6, 6.07) is 6.78. The molecule has 1 aromatic heterocycles. The minimum atomic E-state index is -0.400. The van der Waals surface area contributed by atoms with Crippen molar-refractivity contribution in [3.05, 3.63) is 62.5 Å². The molecule has 3 rings (SSSR count). The second-order valence-electron chi connectivity index (χ2n) is 7.97. The topological polar surface area (TPSA) is 59.4 Å². The summed E-state index contributed by atoms with van der Waals surface area (Å²) in [5.41, 5.74) is 1.03. The van der Waals surface area contributed by atoms with Crippen LogP contribution in [0.15, 0.2) is 35.3 Å². The van der Waals surface area contributed by atoms with Crippen LogP contribution < -0.4 is 5.56 Å². The summed E-state index contributed by atoms with van der Waals surface area (Å²) in [7, 11) is 0. The zero-order valence-electron chi connectivity index (χ0n) is 16.7. The van der Waals surface area contributed by atoms with Crippen LogP contribution in [0, 0.1) is 5.41 Å². The Labute approximate surface area is 169 Å². The number of benzene rings is 1. The van der Waals surface area contributed by atoms with Crippen LogP contribution in [0.3, 0.4) is 0 Å². The fourth-order valence-corrected chi connectivity index (χ4v) is 3.95. The lowest BCUT2D eigenvalue weighted by Gasteiger charge is -2.32. The summed E-state index contributed by atoms with van der Waals surface area (Å²) in [6.45, 7) is 8.73. The van der Waals surface area contributed by atoms with Gasteiger partial charge in [0, 0.05) is 42.0 Å². The predicted octanol–water partition coefficient (Wildman–Crippen LogP) is 4.13. The smallest absolute Gasteiger partial charge is 0.268 e. The molecule has 0 bridgehead atoms. The van der Waals surface area contributed by atoms with Crippen LogP contribution >= 0.6 is 11.6 Å². The van der Waals surface area contributed by atoms with Gasteiger partial charge in [0.25, 0.3) is 11.5 Å². The van der Waals surface area contributed by atoms with E-state index in [1.165, 1.54) is 4.57 Å². The van der Waals surface area contributed by atoms with Crippen LogP contribution in [0.1, 0.15) is 60.4 Å². The number of nitrogens with zero attached hydrogens (tertiary/aromatic N) is 2. The van der Waals surface area contributed by atoms with Gasteiger partial charge in [0.1, 0.15) is 5.56 Å². The van der Waals surface area contributed by atoms with Gasteiger partial charge in [-0.05, 0) is 55.5 Å². The van der Waals surface area contributed by atoms with Gasteiger partial charge in [0.15, 0.2) is 5.78 Å². The van der Waals surface area contributed by atoms with Crippen molar-refractivity contribution in [2.24, 2.45) is 5.41 Å². The quantitative estimate of drug-likeness (QED) is 0.775. The molecule has 0 unspecified atom stereocenters. The highest BCUT2D eigenvalue weighted by Crippen LogP contribution is 2.36. The number of ketones is 1. The summed E-state index contributed by atoms with van der Waals surface area (Å²) in [5, 5.41) is 0.548. The second kappa shape index (κ2) is 7.55. The number of hydrogen-bond donors (Lipinski definition) is 0. The molecule has 6 heteroatoms. The normalized spacial score (nSPS) is 15.2. The third kappa shape index (κ3) is 3.63. The molecule has 1 aliphatic carbocycles. The van der Waals surface area contributed by atoms with E-state index in [-0.39, 0.29) is 22.7 Å². The standard InChI is InChI=1S/C22H25ClN2O3/c1-5-24(6-2)20(27)19-16-11-22(3,4)12-18(26)17(16)13-25(21(19)28)15-9-7-14(23)8-10-15/h7-10,13H,5-6,11-12H2,1-4H3. The fraction of sp³-hybridized carbons (Fsp3) is 0.409. The minimum absolute atomic E-state index is 0.0393. The molecule has 1 aliphatic rings. The lowest BCUT2D eigenvalue weighted by atomic mass is 9.73. The van der Waals surface area contributed by atoms with Crippen LogP contribution in [0.25, 0.3) is 5.69 Å². The van der Waals surface area contributed by atoms with Gasteiger partial charge in [-0.3, -0.25) is 19.0 Å². The van der Waals surface area contributed by atoms with E-state index < -0.39 is 5.56 Å². The second-order valence-corrected chi connectivity index (χ2v) is 8.40. The molecule has 0 N–H and O–H groups in total. The lowest BCUT2D eigenvalue weighted by molar-refractivity contribution is 0.0768. The van der Waals surface area contributed by atoms with Crippen LogP contribution in [-0.2, 0) is 6.42 Å². The lowest BCUT2D eigenvalue weighted by Crippen LogP contribution is -2.40. The number of amides is 1. The molecule has 148 valence electrons. The maximum atomic E-state index is 13.4. The highest BCUT2D eigenvalue weighted by molar-refractivity contribution is 6.30. The number of Topliss-reactive ketones (excluding diaryl/α,β-unsaturated/α-hetero) is 1. The molecule has 0 radical (unpaired) electrons. The molecular weight excluding hydrogens is 376 g/mol. The van der Waals surface area contributed by atoms with Crippen LogP contribution in [-0.4, -0.2) is 34.2 Å². The average Bonchev–Trinajstić information content (AvgIpc) is 2.62.